The van der Waals surface area contributed by atoms with E-state index in [1.165, 1.54) is 16.7 Å². The van der Waals surface area contributed by atoms with Crippen LogP contribution in [-0.4, -0.2) is 37.8 Å². The summed E-state index contributed by atoms with van der Waals surface area (Å²) < 4.78 is 22.9. The summed E-state index contributed by atoms with van der Waals surface area (Å²) >= 11 is 1.80. The summed E-state index contributed by atoms with van der Waals surface area (Å²) in [6.07, 6.45) is 1.62. The van der Waals surface area contributed by atoms with Gasteiger partial charge in [-0.25, -0.2) is 8.42 Å². The maximum atomic E-state index is 11.5. The number of sulfone groups is 1. The third-order valence-electron chi connectivity index (χ3n) is 4.01. The highest BCUT2D eigenvalue weighted by Crippen LogP contribution is 2.26. The zero-order valence-corrected chi connectivity index (χ0v) is 14.0. The molecule has 118 valence electrons. The van der Waals surface area contributed by atoms with E-state index >= 15 is 0 Å². The van der Waals surface area contributed by atoms with E-state index in [1.54, 1.807) is 35.6 Å². The lowest BCUT2D eigenvalue weighted by Crippen LogP contribution is -2.33. The molecule has 1 atom stereocenters. The monoisotopic (exact) mass is 337 g/mol. The first-order valence-electron chi connectivity index (χ1n) is 7.19. The van der Waals surface area contributed by atoms with Gasteiger partial charge in [0.15, 0.2) is 9.84 Å². The Hall–Kier alpha value is -1.21. The van der Waals surface area contributed by atoms with Gasteiger partial charge in [0.25, 0.3) is 0 Å². The Bertz CT molecular complexity index is 750. The zero-order valence-electron chi connectivity index (χ0n) is 12.4. The van der Waals surface area contributed by atoms with Crippen LogP contribution in [0.5, 0.6) is 0 Å². The molecule has 0 aliphatic carbocycles. The summed E-state index contributed by atoms with van der Waals surface area (Å²) in [6.45, 7) is 2.39. The molecule has 1 aliphatic rings. The van der Waals surface area contributed by atoms with Crippen LogP contribution in [0.25, 0.3) is 0 Å². The number of hydrogen-bond donors (Lipinski definition) is 1. The molecule has 2 aromatic rings. The summed E-state index contributed by atoms with van der Waals surface area (Å²) in [5.41, 5.74) is 2.11. The molecule has 2 heterocycles. The van der Waals surface area contributed by atoms with Crippen molar-refractivity contribution >= 4 is 21.2 Å². The number of fused-ring (bicyclic) bond motifs is 1. The molecule has 0 saturated carbocycles. The quantitative estimate of drug-likeness (QED) is 0.930. The molecule has 6 heteroatoms. The van der Waals surface area contributed by atoms with Gasteiger partial charge >= 0.3 is 0 Å². The van der Waals surface area contributed by atoms with E-state index in [2.05, 4.69) is 16.3 Å². The van der Waals surface area contributed by atoms with E-state index in [4.69, 9.17) is 0 Å². The lowest BCUT2D eigenvalue weighted by atomic mass is 10.1. The number of aliphatic hydroxyl groups excluding tert-OH is 1. The Kier molecular flexibility index (Phi) is 4.36. The van der Waals surface area contributed by atoms with Crippen molar-refractivity contribution < 1.29 is 13.5 Å². The van der Waals surface area contributed by atoms with Crippen LogP contribution >= 0.6 is 11.3 Å². The molecule has 1 aliphatic heterocycles. The average Bonchev–Trinajstić information content (AvgIpc) is 2.94. The molecule has 0 saturated heterocycles. The minimum absolute atomic E-state index is 0.282. The van der Waals surface area contributed by atoms with Gasteiger partial charge < -0.3 is 5.11 Å². The van der Waals surface area contributed by atoms with Gasteiger partial charge in [0.1, 0.15) is 0 Å². The first-order valence-corrected chi connectivity index (χ1v) is 9.96. The molecule has 0 spiro atoms. The second kappa shape index (κ2) is 6.12. The van der Waals surface area contributed by atoms with E-state index in [0.29, 0.717) is 6.54 Å². The van der Waals surface area contributed by atoms with Crippen molar-refractivity contribution in [1.82, 2.24) is 4.90 Å². The van der Waals surface area contributed by atoms with E-state index in [9.17, 15) is 13.5 Å². The molecule has 4 nitrogen and oxygen atoms in total. The average molecular weight is 337 g/mol. The molecular weight excluding hydrogens is 318 g/mol. The first-order chi connectivity index (χ1) is 10.4. The molecule has 0 fully saturated rings. The highest BCUT2D eigenvalue weighted by Gasteiger charge is 2.20. The fourth-order valence-corrected chi connectivity index (χ4v) is 4.27. The second-order valence-electron chi connectivity index (χ2n) is 5.71. The Morgan fingerprint density at radius 3 is 2.68 bits per heavy atom. The third-order valence-corrected chi connectivity index (χ3v) is 6.16. The third kappa shape index (κ3) is 3.41. The van der Waals surface area contributed by atoms with Crippen molar-refractivity contribution in [1.29, 1.82) is 0 Å². The molecule has 0 radical (unpaired) electrons. The Balaban J connectivity index is 1.66. The zero-order chi connectivity index (χ0) is 15.7. The standard InChI is InChI=1S/C16H19NO3S2/c1-22(19,20)14-4-2-12(3-5-14)15(18)11-17-8-6-16-13(10-17)7-9-21-16/h2-5,7,9,15,18H,6,8,10-11H2,1H3. The molecule has 1 N–H and O–H groups in total. The SMILES string of the molecule is CS(=O)(=O)c1ccc(C(O)CN2CCc3sccc3C2)cc1. The van der Waals surface area contributed by atoms with E-state index in [1.807, 2.05) is 0 Å². The van der Waals surface area contributed by atoms with Gasteiger partial charge in [-0.3, -0.25) is 4.90 Å². The van der Waals surface area contributed by atoms with Crippen LogP contribution in [0.2, 0.25) is 0 Å². The minimum Gasteiger partial charge on any atom is -0.387 e. The first kappa shape index (κ1) is 15.7. The van der Waals surface area contributed by atoms with Gasteiger partial charge in [0.05, 0.1) is 11.0 Å². The molecule has 1 aromatic carbocycles. The van der Waals surface area contributed by atoms with Crippen LogP contribution in [0.4, 0.5) is 0 Å². The number of rotatable bonds is 4. The van der Waals surface area contributed by atoms with E-state index in [-0.39, 0.29) is 4.90 Å². The van der Waals surface area contributed by atoms with E-state index in [0.717, 1.165) is 25.1 Å². The summed E-state index contributed by atoms with van der Waals surface area (Å²) in [6, 6.07) is 8.66. The number of hydrogen-bond acceptors (Lipinski definition) is 5. The minimum atomic E-state index is -3.19. The Labute approximate surface area is 134 Å². The van der Waals surface area contributed by atoms with Gasteiger partial charge in [-0.15, -0.1) is 11.3 Å². The van der Waals surface area contributed by atoms with Crippen LogP contribution in [0, 0.1) is 0 Å². The number of thiophene rings is 1. The number of benzene rings is 1. The van der Waals surface area contributed by atoms with Gasteiger partial charge in [0, 0.05) is 30.8 Å². The highest BCUT2D eigenvalue weighted by molar-refractivity contribution is 7.90. The molecule has 0 bridgehead atoms. The lowest BCUT2D eigenvalue weighted by Gasteiger charge is -2.28. The van der Waals surface area contributed by atoms with Gasteiger partial charge in [0.2, 0.25) is 0 Å². The molecular formula is C16H19NO3S2. The van der Waals surface area contributed by atoms with Crippen molar-refractivity contribution in [2.45, 2.75) is 24.0 Å². The second-order valence-corrected chi connectivity index (χ2v) is 8.73. The van der Waals surface area contributed by atoms with Crippen LogP contribution in [0.3, 0.4) is 0 Å². The summed E-state index contributed by atoms with van der Waals surface area (Å²) in [4.78, 5) is 3.97. The molecule has 1 unspecified atom stereocenters. The molecule has 1 aromatic heterocycles. The van der Waals surface area contributed by atoms with Crippen LogP contribution in [-0.2, 0) is 22.8 Å². The number of β-amino-alcohol motifs (C(OH)–C–C–N with tert-alkyl or cyclic N) is 1. The summed E-state index contributed by atoms with van der Waals surface area (Å²) in [5.74, 6) is 0. The fourth-order valence-electron chi connectivity index (χ4n) is 2.75. The maximum absolute atomic E-state index is 11.5. The normalized spacial score (nSPS) is 17.2. The largest absolute Gasteiger partial charge is 0.387 e. The smallest absolute Gasteiger partial charge is 0.175 e. The maximum Gasteiger partial charge on any atom is 0.175 e. The summed E-state index contributed by atoms with van der Waals surface area (Å²) in [5, 5.41) is 12.5. The predicted octanol–water partition coefficient (Wildman–Crippen LogP) is 2.24. The highest BCUT2D eigenvalue weighted by atomic mass is 32.2. The van der Waals surface area contributed by atoms with Crippen molar-refractivity contribution in [3.63, 3.8) is 0 Å². The van der Waals surface area contributed by atoms with Gasteiger partial charge in [-0.05, 0) is 41.1 Å². The van der Waals surface area contributed by atoms with Crippen LogP contribution in [0.15, 0.2) is 40.6 Å². The van der Waals surface area contributed by atoms with Crippen molar-refractivity contribution in [3.05, 3.63) is 51.7 Å². The molecule has 3 rings (SSSR count). The van der Waals surface area contributed by atoms with E-state index < -0.39 is 15.9 Å². The van der Waals surface area contributed by atoms with Crippen LogP contribution < -0.4 is 0 Å². The van der Waals surface area contributed by atoms with Crippen molar-refractivity contribution in [3.8, 4) is 0 Å². The van der Waals surface area contributed by atoms with Gasteiger partial charge in [-0.1, -0.05) is 12.1 Å². The molecule has 0 amide bonds. The lowest BCUT2D eigenvalue weighted by molar-refractivity contribution is 0.106. The van der Waals surface area contributed by atoms with Crippen molar-refractivity contribution in [2.24, 2.45) is 0 Å². The topological polar surface area (TPSA) is 57.6 Å². The Morgan fingerprint density at radius 1 is 1.27 bits per heavy atom. The summed E-state index contributed by atoms with van der Waals surface area (Å²) in [7, 11) is -3.19. The predicted molar refractivity (Wildman–Crippen MR) is 87.8 cm³/mol. The van der Waals surface area contributed by atoms with Crippen LogP contribution in [0.1, 0.15) is 22.1 Å². The Morgan fingerprint density at radius 2 is 2.00 bits per heavy atom. The van der Waals surface area contributed by atoms with Crippen molar-refractivity contribution in [2.75, 3.05) is 19.3 Å². The number of aliphatic hydroxyl groups is 1. The number of nitrogens with zero attached hydrogens (tertiary/aromatic N) is 1. The van der Waals surface area contributed by atoms with Gasteiger partial charge in [-0.2, -0.15) is 0 Å². The molecule has 22 heavy (non-hydrogen) atoms. The fraction of sp³-hybridized carbons (Fsp3) is 0.375.